The highest BCUT2D eigenvalue weighted by atomic mass is 79.9. The van der Waals surface area contributed by atoms with Gasteiger partial charge < -0.3 is 0 Å². The van der Waals surface area contributed by atoms with Crippen LogP contribution in [0.25, 0.3) is 11.1 Å². The Hall–Kier alpha value is -1.41. The van der Waals surface area contributed by atoms with Gasteiger partial charge in [-0.15, -0.1) is 0 Å². The van der Waals surface area contributed by atoms with E-state index >= 15 is 0 Å². The smallest absolute Gasteiger partial charge is 0.150 e. The van der Waals surface area contributed by atoms with Gasteiger partial charge in [0.2, 0.25) is 0 Å². The molecule has 2 aromatic rings. The average molecular weight is 275 g/mol. The fraction of sp³-hybridized carbons (Fsp3) is 0.0714. The van der Waals surface area contributed by atoms with Crippen molar-refractivity contribution in [3.05, 3.63) is 58.1 Å². The molecule has 16 heavy (non-hydrogen) atoms. The predicted molar refractivity (Wildman–Crippen MR) is 69.7 cm³/mol. The summed E-state index contributed by atoms with van der Waals surface area (Å²) in [5.74, 6) is 0. The molecule has 0 heterocycles. The van der Waals surface area contributed by atoms with Gasteiger partial charge in [0.25, 0.3) is 0 Å². The molecule has 0 spiro atoms. The van der Waals surface area contributed by atoms with Crippen LogP contribution in [0, 0.1) is 6.92 Å². The second kappa shape index (κ2) is 4.62. The number of aryl methyl sites for hydroxylation is 1. The summed E-state index contributed by atoms with van der Waals surface area (Å²) in [5, 5.41) is 0. The lowest BCUT2D eigenvalue weighted by molar-refractivity contribution is 0.112. The Kier molecular flexibility index (Phi) is 3.20. The van der Waals surface area contributed by atoms with Crippen LogP contribution in [0.2, 0.25) is 0 Å². The zero-order valence-electron chi connectivity index (χ0n) is 8.91. The number of aldehydes is 1. The summed E-state index contributed by atoms with van der Waals surface area (Å²) in [5.41, 5.74) is 3.95. The van der Waals surface area contributed by atoms with Crippen molar-refractivity contribution < 1.29 is 4.79 Å². The topological polar surface area (TPSA) is 17.1 Å². The van der Waals surface area contributed by atoms with Crippen LogP contribution in [0.15, 0.2) is 46.9 Å². The number of rotatable bonds is 2. The normalized spacial score (nSPS) is 10.1. The number of carbonyl (C=O) groups is 1. The van der Waals surface area contributed by atoms with Crippen LogP contribution in [0.3, 0.4) is 0 Å². The predicted octanol–water partition coefficient (Wildman–Crippen LogP) is 4.24. The van der Waals surface area contributed by atoms with Crippen molar-refractivity contribution in [1.29, 1.82) is 0 Å². The van der Waals surface area contributed by atoms with Crippen LogP contribution in [0.4, 0.5) is 0 Å². The van der Waals surface area contributed by atoms with Gasteiger partial charge >= 0.3 is 0 Å². The van der Waals surface area contributed by atoms with Crippen molar-refractivity contribution in [2.45, 2.75) is 6.92 Å². The number of halogens is 1. The first-order chi connectivity index (χ1) is 7.70. The van der Waals surface area contributed by atoms with Gasteiger partial charge in [-0.05, 0) is 41.8 Å². The zero-order valence-corrected chi connectivity index (χ0v) is 10.5. The molecule has 0 aliphatic heterocycles. The lowest BCUT2D eigenvalue weighted by Crippen LogP contribution is -1.87. The third-order valence-electron chi connectivity index (χ3n) is 2.58. The third-order valence-corrected chi connectivity index (χ3v) is 3.11. The Morgan fingerprint density at radius 1 is 1.00 bits per heavy atom. The molecule has 0 amide bonds. The highest BCUT2D eigenvalue weighted by Gasteiger charge is 2.01. The lowest BCUT2D eigenvalue weighted by atomic mass is 10.0. The lowest BCUT2D eigenvalue weighted by Gasteiger charge is -2.04. The largest absolute Gasteiger partial charge is 0.298 e. The summed E-state index contributed by atoms with van der Waals surface area (Å²) >= 11 is 3.40. The molecule has 1 nitrogen and oxygen atoms in total. The fourth-order valence-corrected chi connectivity index (χ4v) is 1.85. The monoisotopic (exact) mass is 274 g/mol. The van der Waals surface area contributed by atoms with Crippen LogP contribution in [-0.4, -0.2) is 6.29 Å². The molecular weight excluding hydrogens is 264 g/mol. The number of benzene rings is 2. The zero-order chi connectivity index (χ0) is 11.5. The van der Waals surface area contributed by atoms with Crippen LogP contribution in [0.1, 0.15) is 15.9 Å². The molecule has 0 aliphatic rings. The molecule has 2 rings (SSSR count). The minimum absolute atomic E-state index is 0.750. The SMILES string of the molecule is Cc1ccc(-c2ccc(Br)cc2)cc1C=O. The van der Waals surface area contributed by atoms with Crippen LogP contribution >= 0.6 is 15.9 Å². The summed E-state index contributed by atoms with van der Waals surface area (Å²) in [4.78, 5) is 10.9. The number of hydrogen-bond acceptors (Lipinski definition) is 1. The van der Waals surface area contributed by atoms with E-state index in [4.69, 9.17) is 0 Å². The number of hydrogen-bond donors (Lipinski definition) is 0. The first kappa shape index (κ1) is 11.1. The summed E-state index contributed by atoms with van der Waals surface area (Å²) in [7, 11) is 0. The molecule has 0 aliphatic carbocycles. The molecule has 0 fully saturated rings. The van der Waals surface area contributed by atoms with Crippen molar-refractivity contribution in [3.8, 4) is 11.1 Å². The molecule has 80 valence electrons. The summed E-state index contributed by atoms with van der Waals surface area (Å²) in [6.45, 7) is 1.94. The molecule has 0 radical (unpaired) electrons. The molecule has 0 aromatic heterocycles. The maximum Gasteiger partial charge on any atom is 0.150 e. The standard InChI is InChI=1S/C14H11BrO/c1-10-2-3-12(8-13(10)9-16)11-4-6-14(15)7-5-11/h2-9H,1H3. The number of carbonyl (C=O) groups excluding carboxylic acids is 1. The molecule has 0 N–H and O–H groups in total. The van der Waals surface area contributed by atoms with Crippen LogP contribution < -0.4 is 0 Å². The van der Waals surface area contributed by atoms with Crippen LogP contribution in [0.5, 0.6) is 0 Å². The maximum atomic E-state index is 10.9. The van der Waals surface area contributed by atoms with Crippen molar-refractivity contribution >= 4 is 22.2 Å². The Morgan fingerprint density at radius 3 is 2.25 bits per heavy atom. The summed E-state index contributed by atoms with van der Waals surface area (Å²) in [6, 6.07) is 14.0. The fourth-order valence-electron chi connectivity index (χ4n) is 1.59. The van der Waals surface area contributed by atoms with Crippen molar-refractivity contribution in [2.75, 3.05) is 0 Å². The highest BCUT2D eigenvalue weighted by Crippen LogP contribution is 2.23. The molecule has 2 heteroatoms. The van der Waals surface area contributed by atoms with Gasteiger partial charge in [-0.25, -0.2) is 0 Å². The van der Waals surface area contributed by atoms with Crippen molar-refractivity contribution in [3.63, 3.8) is 0 Å². The van der Waals surface area contributed by atoms with E-state index in [2.05, 4.69) is 15.9 Å². The third kappa shape index (κ3) is 2.22. The second-order valence-electron chi connectivity index (χ2n) is 3.70. The maximum absolute atomic E-state index is 10.9. The summed E-state index contributed by atoms with van der Waals surface area (Å²) in [6.07, 6.45) is 0.900. The van der Waals surface area contributed by atoms with E-state index in [9.17, 15) is 4.79 Å². The van der Waals surface area contributed by atoms with Gasteiger partial charge in [0, 0.05) is 10.0 Å². The van der Waals surface area contributed by atoms with Crippen LogP contribution in [-0.2, 0) is 0 Å². The van der Waals surface area contributed by atoms with Gasteiger partial charge in [-0.2, -0.15) is 0 Å². The quantitative estimate of drug-likeness (QED) is 0.749. The Bertz CT molecular complexity index is 515. The first-order valence-electron chi connectivity index (χ1n) is 5.02. The van der Waals surface area contributed by atoms with Crippen molar-refractivity contribution in [1.82, 2.24) is 0 Å². The Morgan fingerprint density at radius 2 is 1.62 bits per heavy atom. The summed E-state index contributed by atoms with van der Waals surface area (Å²) < 4.78 is 1.05. The average Bonchev–Trinajstić information content (AvgIpc) is 2.31. The van der Waals surface area contributed by atoms with E-state index in [-0.39, 0.29) is 0 Å². The molecule has 0 atom stereocenters. The Labute approximate surface area is 103 Å². The molecular formula is C14H11BrO. The van der Waals surface area contributed by atoms with E-state index < -0.39 is 0 Å². The molecule has 2 aromatic carbocycles. The minimum atomic E-state index is 0.750. The molecule has 0 bridgehead atoms. The van der Waals surface area contributed by atoms with E-state index in [0.717, 1.165) is 33.0 Å². The van der Waals surface area contributed by atoms with Crippen molar-refractivity contribution in [2.24, 2.45) is 0 Å². The second-order valence-corrected chi connectivity index (χ2v) is 4.61. The van der Waals surface area contributed by atoms with Gasteiger partial charge in [0.1, 0.15) is 6.29 Å². The van der Waals surface area contributed by atoms with E-state index in [0.29, 0.717) is 0 Å². The molecule has 0 unspecified atom stereocenters. The van der Waals surface area contributed by atoms with E-state index in [1.165, 1.54) is 0 Å². The van der Waals surface area contributed by atoms with Gasteiger partial charge in [0.05, 0.1) is 0 Å². The minimum Gasteiger partial charge on any atom is -0.298 e. The molecule has 0 saturated heterocycles. The molecule has 0 saturated carbocycles. The van der Waals surface area contributed by atoms with Gasteiger partial charge in [-0.1, -0.05) is 40.2 Å². The van der Waals surface area contributed by atoms with Gasteiger partial charge in [-0.3, -0.25) is 4.79 Å². The van der Waals surface area contributed by atoms with E-state index in [1.807, 2.05) is 49.4 Å². The Balaban J connectivity index is 2.48. The van der Waals surface area contributed by atoms with E-state index in [1.54, 1.807) is 0 Å². The first-order valence-corrected chi connectivity index (χ1v) is 5.82. The highest BCUT2D eigenvalue weighted by molar-refractivity contribution is 9.10. The van der Waals surface area contributed by atoms with Gasteiger partial charge in [0.15, 0.2) is 0 Å².